The second-order valence-electron chi connectivity index (χ2n) is 10.9. The minimum atomic E-state index is -1.51. The Morgan fingerprint density at radius 1 is 1.17 bits per heavy atom. The van der Waals surface area contributed by atoms with Crippen molar-refractivity contribution >= 4 is 28.2 Å². The number of nitrogens with zero attached hydrogens (tertiary/aromatic N) is 3. The van der Waals surface area contributed by atoms with Crippen LogP contribution < -0.4 is 15.0 Å². The second-order valence-corrected chi connectivity index (χ2v) is 10.9. The third kappa shape index (κ3) is 7.19. The Bertz CT molecular complexity index is 1360. The number of benzene rings is 2. The number of hydrogen-bond donors (Lipinski definition) is 2. The summed E-state index contributed by atoms with van der Waals surface area (Å²) in [6.45, 7) is 2.13. The Morgan fingerprint density at radius 2 is 1.85 bits per heavy atom. The lowest BCUT2D eigenvalue weighted by Crippen LogP contribution is -2.43. The van der Waals surface area contributed by atoms with Gasteiger partial charge >= 0.3 is 5.97 Å². The first kappa shape index (κ1) is 30.4. The molecule has 0 spiro atoms. The highest BCUT2D eigenvalue weighted by atomic mass is 19.2. The zero-order valence-corrected chi connectivity index (χ0v) is 23.5. The van der Waals surface area contributed by atoms with Crippen molar-refractivity contribution in [2.24, 2.45) is 5.41 Å². The number of aromatic nitrogens is 1. The SMILES string of the molecule is COc1ccc2ncc(N(C)C)c([C@H](F)CCC3(CC(=O)O)CCN(CCNc4cc(F)c(F)c(F)c4)CC3)c2c1. The molecule has 0 radical (unpaired) electrons. The van der Waals surface area contributed by atoms with Crippen LogP contribution in [0.2, 0.25) is 0 Å². The molecule has 2 heterocycles. The highest BCUT2D eigenvalue weighted by Gasteiger charge is 2.37. The Morgan fingerprint density at radius 3 is 2.46 bits per heavy atom. The van der Waals surface area contributed by atoms with Crippen LogP contribution in [-0.4, -0.2) is 68.3 Å². The molecule has 7 nitrogen and oxygen atoms in total. The summed E-state index contributed by atoms with van der Waals surface area (Å²) in [7, 11) is 5.22. The zero-order chi connectivity index (χ0) is 29.7. The van der Waals surface area contributed by atoms with E-state index in [-0.39, 0.29) is 18.5 Å². The molecule has 0 bridgehead atoms. The fourth-order valence-corrected chi connectivity index (χ4v) is 5.67. The quantitative estimate of drug-likeness (QED) is 0.197. The number of carboxylic acids is 1. The second kappa shape index (κ2) is 12.9. The largest absolute Gasteiger partial charge is 0.497 e. The third-order valence-electron chi connectivity index (χ3n) is 8.00. The molecule has 0 unspecified atom stereocenters. The van der Waals surface area contributed by atoms with Gasteiger partial charge in [-0.2, -0.15) is 0 Å². The molecular formula is C30H36F4N4O3. The zero-order valence-electron chi connectivity index (χ0n) is 23.5. The Kier molecular flexibility index (Phi) is 9.57. The number of rotatable bonds is 12. The minimum absolute atomic E-state index is 0.0502. The fraction of sp³-hybridized carbons (Fsp3) is 0.467. The number of aliphatic carboxylic acids is 1. The van der Waals surface area contributed by atoms with Crippen LogP contribution in [0.5, 0.6) is 5.75 Å². The maximum atomic E-state index is 16.1. The van der Waals surface area contributed by atoms with Gasteiger partial charge in [0.05, 0.1) is 30.9 Å². The molecule has 0 amide bonds. The first-order valence-corrected chi connectivity index (χ1v) is 13.6. The molecule has 0 saturated carbocycles. The first-order chi connectivity index (χ1) is 19.5. The molecule has 1 aliphatic heterocycles. The van der Waals surface area contributed by atoms with Crippen LogP contribution in [0.15, 0.2) is 36.5 Å². The number of likely N-dealkylation sites (tertiary alicyclic amines) is 1. The van der Waals surface area contributed by atoms with Crippen LogP contribution in [0.25, 0.3) is 10.9 Å². The Balaban J connectivity index is 1.42. The predicted molar refractivity (Wildman–Crippen MR) is 151 cm³/mol. The van der Waals surface area contributed by atoms with Gasteiger partial charge in [0, 0.05) is 56.0 Å². The van der Waals surface area contributed by atoms with Crippen molar-refractivity contribution in [3.63, 3.8) is 0 Å². The van der Waals surface area contributed by atoms with E-state index in [1.54, 1.807) is 31.5 Å². The summed E-state index contributed by atoms with van der Waals surface area (Å²) in [5, 5.41) is 13.3. The van der Waals surface area contributed by atoms with E-state index < -0.39 is 35.0 Å². The molecule has 41 heavy (non-hydrogen) atoms. The van der Waals surface area contributed by atoms with Gasteiger partial charge in [-0.1, -0.05) is 0 Å². The number of piperidine rings is 1. The molecule has 3 aromatic rings. The normalized spacial score (nSPS) is 16.0. The average Bonchev–Trinajstić information content (AvgIpc) is 2.94. The van der Waals surface area contributed by atoms with Crippen molar-refractivity contribution in [1.29, 1.82) is 0 Å². The maximum Gasteiger partial charge on any atom is 0.303 e. The van der Waals surface area contributed by atoms with E-state index in [9.17, 15) is 23.1 Å². The summed E-state index contributed by atoms with van der Waals surface area (Å²) < 4.78 is 61.6. The molecule has 4 rings (SSSR count). The maximum absolute atomic E-state index is 16.1. The molecule has 1 aromatic heterocycles. The van der Waals surface area contributed by atoms with Crippen molar-refractivity contribution in [3.8, 4) is 5.75 Å². The Hall–Kier alpha value is -3.60. The summed E-state index contributed by atoms with van der Waals surface area (Å²) in [5.41, 5.74) is 1.42. The molecule has 2 N–H and O–H groups in total. The molecule has 1 saturated heterocycles. The van der Waals surface area contributed by atoms with Gasteiger partial charge in [0.2, 0.25) is 0 Å². The number of methoxy groups -OCH3 is 1. The number of carboxylic acid groups (broad SMARTS) is 1. The number of ether oxygens (including phenoxy) is 1. The predicted octanol–water partition coefficient (Wildman–Crippen LogP) is 6.19. The molecule has 0 aliphatic carbocycles. The lowest BCUT2D eigenvalue weighted by atomic mass is 9.71. The molecule has 222 valence electrons. The summed E-state index contributed by atoms with van der Waals surface area (Å²) in [4.78, 5) is 20.3. The van der Waals surface area contributed by atoms with Crippen LogP contribution in [0.1, 0.15) is 43.8 Å². The highest BCUT2D eigenvalue weighted by Crippen LogP contribution is 2.44. The smallest absolute Gasteiger partial charge is 0.303 e. The van der Waals surface area contributed by atoms with Crippen LogP contribution in [-0.2, 0) is 4.79 Å². The van der Waals surface area contributed by atoms with Crippen molar-refractivity contribution in [1.82, 2.24) is 9.88 Å². The van der Waals surface area contributed by atoms with Gasteiger partial charge in [0.15, 0.2) is 17.5 Å². The number of halogens is 4. The van der Waals surface area contributed by atoms with E-state index in [4.69, 9.17) is 4.74 Å². The van der Waals surface area contributed by atoms with E-state index in [1.807, 2.05) is 19.0 Å². The third-order valence-corrected chi connectivity index (χ3v) is 8.00. The number of fused-ring (bicyclic) bond motifs is 1. The van der Waals surface area contributed by atoms with Crippen molar-refractivity contribution in [2.45, 2.75) is 38.3 Å². The number of alkyl halides is 1. The van der Waals surface area contributed by atoms with Gasteiger partial charge < -0.3 is 25.0 Å². The first-order valence-electron chi connectivity index (χ1n) is 13.6. The number of pyridine rings is 1. The van der Waals surface area contributed by atoms with E-state index in [0.717, 1.165) is 12.1 Å². The summed E-state index contributed by atoms with van der Waals surface area (Å²) >= 11 is 0. The molecule has 1 fully saturated rings. The van der Waals surface area contributed by atoms with Crippen LogP contribution in [0, 0.1) is 22.9 Å². The monoisotopic (exact) mass is 576 g/mol. The van der Waals surface area contributed by atoms with Crippen LogP contribution in [0.3, 0.4) is 0 Å². The van der Waals surface area contributed by atoms with E-state index in [0.29, 0.717) is 73.3 Å². The van der Waals surface area contributed by atoms with Gasteiger partial charge in [-0.3, -0.25) is 9.78 Å². The summed E-state index contributed by atoms with van der Waals surface area (Å²) in [5.74, 6) is -4.34. The highest BCUT2D eigenvalue weighted by molar-refractivity contribution is 5.88. The lowest BCUT2D eigenvalue weighted by molar-refractivity contribution is -0.141. The van der Waals surface area contributed by atoms with E-state index >= 15 is 4.39 Å². The number of carbonyl (C=O) groups is 1. The number of anilines is 2. The van der Waals surface area contributed by atoms with E-state index in [1.165, 1.54) is 0 Å². The lowest BCUT2D eigenvalue weighted by Gasteiger charge is -2.41. The fourth-order valence-electron chi connectivity index (χ4n) is 5.67. The van der Waals surface area contributed by atoms with Gasteiger partial charge in [0.25, 0.3) is 0 Å². The molecule has 11 heteroatoms. The van der Waals surface area contributed by atoms with Crippen molar-refractivity contribution in [2.75, 3.05) is 57.6 Å². The topological polar surface area (TPSA) is 77.9 Å². The van der Waals surface area contributed by atoms with Gasteiger partial charge in [-0.25, -0.2) is 17.6 Å². The average molecular weight is 577 g/mol. The summed E-state index contributed by atoms with van der Waals surface area (Å²) in [6, 6.07) is 7.17. The van der Waals surface area contributed by atoms with Gasteiger partial charge in [0.1, 0.15) is 11.9 Å². The summed E-state index contributed by atoms with van der Waals surface area (Å²) in [6.07, 6.45) is 1.99. The van der Waals surface area contributed by atoms with Crippen molar-refractivity contribution < 1.29 is 32.2 Å². The minimum Gasteiger partial charge on any atom is -0.497 e. The van der Waals surface area contributed by atoms with Gasteiger partial charge in [-0.15, -0.1) is 0 Å². The van der Waals surface area contributed by atoms with Gasteiger partial charge in [-0.05, 0) is 62.4 Å². The number of nitrogens with one attached hydrogen (secondary N) is 1. The standard InChI is InChI=1S/C30H36F4N4O3/c1-37(2)26-18-36-25-5-4-20(41-3)16-21(25)28(26)22(31)6-7-30(17-27(39)40)8-11-38(12-9-30)13-10-35-19-14-23(32)29(34)24(33)15-19/h4-5,14-16,18,22,35H,6-13,17H2,1-3H3,(H,39,40)/t22-/m1/s1. The molecule has 2 aromatic carbocycles. The van der Waals surface area contributed by atoms with E-state index in [2.05, 4.69) is 15.2 Å². The van der Waals surface area contributed by atoms with Crippen LogP contribution in [0.4, 0.5) is 28.9 Å². The number of hydrogen-bond acceptors (Lipinski definition) is 6. The Labute approximate surface area is 237 Å². The molecular weight excluding hydrogens is 540 g/mol. The van der Waals surface area contributed by atoms with Crippen molar-refractivity contribution in [3.05, 3.63) is 59.5 Å². The molecule has 1 aliphatic rings. The van der Waals surface area contributed by atoms with Crippen LogP contribution >= 0.6 is 0 Å². The molecule has 1 atom stereocenters.